The topological polar surface area (TPSA) is 127 Å². The van der Waals surface area contributed by atoms with E-state index >= 15 is 0 Å². The molecule has 0 fully saturated rings. The largest absolute Gasteiger partial charge is 0.343 e. The maximum atomic E-state index is 12.0. The molecule has 10 heteroatoms. The van der Waals surface area contributed by atoms with E-state index in [1.165, 1.54) is 29.5 Å². The third kappa shape index (κ3) is 5.88. The molecule has 9 nitrogen and oxygen atoms in total. The summed E-state index contributed by atoms with van der Waals surface area (Å²) in [5.74, 6) is -1.01. The van der Waals surface area contributed by atoms with Crippen LogP contribution >= 0.6 is 11.3 Å². The number of nitrogens with one attached hydrogen (secondary N) is 2. The van der Waals surface area contributed by atoms with Gasteiger partial charge >= 0.3 is 0 Å². The fourth-order valence-corrected chi connectivity index (χ4v) is 2.92. The Labute approximate surface area is 154 Å². The Kier molecular flexibility index (Phi) is 7.15. The van der Waals surface area contributed by atoms with Crippen LogP contribution in [0.1, 0.15) is 41.6 Å². The van der Waals surface area contributed by atoms with E-state index in [2.05, 4.69) is 27.8 Å². The molecule has 2 amide bonds. The monoisotopic (exact) mass is 377 g/mol. The summed E-state index contributed by atoms with van der Waals surface area (Å²) in [6, 6.07) is 5.29. The van der Waals surface area contributed by atoms with Crippen LogP contribution in [0.5, 0.6) is 0 Å². The number of aryl methyl sites for hydroxylation is 1. The average molecular weight is 377 g/mol. The van der Waals surface area contributed by atoms with E-state index in [-0.39, 0.29) is 17.8 Å². The SMILES string of the molecule is CCCCCc1nnc(NC(=O)CNC(=O)c2cccc([N+](=O)[O-])c2)s1. The number of aromatic nitrogens is 2. The summed E-state index contributed by atoms with van der Waals surface area (Å²) in [5.41, 5.74) is -0.0762. The van der Waals surface area contributed by atoms with Crippen LogP contribution in [0, 0.1) is 10.1 Å². The second kappa shape index (κ2) is 9.56. The van der Waals surface area contributed by atoms with Crippen LogP contribution in [0.4, 0.5) is 10.8 Å². The van der Waals surface area contributed by atoms with Crippen molar-refractivity contribution in [2.75, 3.05) is 11.9 Å². The molecule has 0 saturated carbocycles. The molecule has 0 spiro atoms. The van der Waals surface area contributed by atoms with Gasteiger partial charge in [0.1, 0.15) is 5.01 Å². The molecule has 0 bridgehead atoms. The highest BCUT2D eigenvalue weighted by atomic mass is 32.1. The van der Waals surface area contributed by atoms with Crippen LogP contribution in [0.25, 0.3) is 0 Å². The van der Waals surface area contributed by atoms with E-state index in [4.69, 9.17) is 0 Å². The molecule has 1 aromatic carbocycles. The molecular formula is C16H19N5O4S. The maximum absolute atomic E-state index is 12.0. The number of unbranched alkanes of at least 4 members (excludes halogenated alkanes) is 2. The zero-order valence-corrected chi connectivity index (χ0v) is 15.0. The smallest absolute Gasteiger partial charge is 0.270 e. The van der Waals surface area contributed by atoms with Gasteiger partial charge in [-0.25, -0.2) is 0 Å². The van der Waals surface area contributed by atoms with Gasteiger partial charge in [0.15, 0.2) is 0 Å². The van der Waals surface area contributed by atoms with Crippen LogP contribution in [0.2, 0.25) is 0 Å². The number of nitro groups is 1. The molecule has 1 heterocycles. The van der Waals surface area contributed by atoms with Gasteiger partial charge in [-0.1, -0.05) is 37.2 Å². The highest BCUT2D eigenvalue weighted by molar-refractivity contribution is 7.15. The van der Waals surface area contributed by atoms with E-state index in [9.17, 15) is 19.7 Å². The Morgan fingerprint density at radius 2 is 2.08 bits per heavy atom. The van der Waals surface area contributed by atoms with Crippen molar-refractivity contribution in [1.82, 2.24) is 15.5 Å². The zero-order valence-electron chi connectivity index (χ0n) is 14.2. The molecule has 0 aliphatic rings. The lowest BCUT2D eigenvalue weighted by atomic mass is 10.2. The Morgan fingerprint density at radius 1 is 1.27 bits per heavy atom. The fraction of sp³-hybridized carbons (Fsp3) is 0.375. The number of amides is 2. The number of rotatable bonds is 9. The number of carbonyl (C=O) groups excluding carboxylic acids is 2. The first-order chi connectivity index (χ1) is 12.5. The number of nitro benzene ring substituents is 1. The van der Waals surface area contributed by atoms with Gasteiger partial charge in [-0.3, -0.25) is 25.0 Å². The van der Waals surface area contributed by atoms with Gasteiger partial charge in [0, 0.05) is 24.1 Å². The predicted molar refractivity (Wildman–Crippen MR) is 97.2 cm³/mol. The van der Waals surface area contributed by atoms with E-state index in [0.29, 0.717) is 5.13 Å². The first-order valence-corrected chi connectivity index (χ1v) is 8.96. The molecule has 2 N–H and O–H groups in total. The van der Waals surface area contributed by atoms with Crippen LogP contribution in [0.15, 0.2) is 24.3 Å². The highest BCUT2D eigenvalue weighted by Gasteiger charge is 2.13. The summed E-state index contributed by atoms with van der Waals surface area (Å²) in [6.45, 7) is 1.85. The zero-order chi connectivity index (χ0) is 18.9. The van der Waals surface area contributed by atoms with Crippen LogP contribution in [-0.2, 0) is 11.2 Å². The van der Waals surface area contributed by atoms with E-state index in [1.807, 2.05) is 0 Å². The Hall–Kier alpha value is -2.88. The molecule has 2 rings (SSSR count). The van der Waals surface area contributed by atoms with E-state index in [0.717, 1.165) is 36.8 Å². The van der Waals surface area contributed by atoms with Gasteiger partial charge in [0.25, 0.3) is 11.6 Å². The first kappa shape index (κ1) is 19.4. The fourth-order valence-electron chi connectivity index (χ4n) is 2.12. The van der Waals surface area contributed by atoms with E-state index < -0.39 is 16.7 Å². The molecule has 0 unspecified atom stereocenters. The number of non-ortho nitro benzene ring substituents is 1. The lowest BCUT2D eigenvalue weighted by Crippen LogP contribution is -2.32. The number of benzene rings is 1. The average Bonchev–Trinajstić information content (AvgIpc) is 3.07. The highest BCUT2D eigenvalue weighted by Crippen LogP contribution is 2.17. The molecule has 138 valence electrons. The molecule has 0 aliphatic heterocycles. The standard InChI is InChI=1S/C16H19N5O4S/c1-2-3-4-8-14-19-20-16(26-14)18-13(22)10-17-15(23)11-6-5-7-12(9-11)21(24)25/h5-7,9H,2-4,8,10H2,1H3,(H,17,23)(H,18,20,22). The van der Waals surface area contributed by atoms with Gasteiger partial charge < -0.3 is 5.32 Å². The lowest BCUT2D eigenvalue weighted by Gasteiger charge is -2.04. The molecule has 0 atom stereocenters. The third-order valence-corrected chi connectivity index (χ3v) is 4.33. The maximum Gasteiger partial charge on any atom is 0.270 e. The van der Waals surface area contributed by atoms with Gasteiger partial charge in [-0.2, -0.15) is 0 Å². The quantitative estimate of drug-likeness (QED) is 0.393. The molecule has 0 radical (unpaired) electrons. The first-order valence-electron chi connectivity index (χ1n) is 8.14. The Balaban J connectivity index is 1.82. The van der Waals surface area contributed by atoms with Crippen molar-refractivity contribution in [2.45, 2.75) is 32.6 Å². The van der Waals surface area contributed by atoms with Crippen molar-refractivity contribution < 1.29 is 14.5 Å². The summed E-state index contributed by atoms with van der Waals surface area (Å²) in [6.07, 6.45) is 4.08. The van der Waals surface area contributed by atoms with Crippen LogP contribution in [-0.4, -0.2) is 33.5 Å². The third-order valence-electron chi connectivity index (χ3n) is 3.44. The second-order valence-electron chi connectivity index (χ2n) is 5.50. The van der Waals surface area contributed by atoms with Crippen molar-refractivity contribution in [1.29, 1.82) is 0 Å². The van der Waals surface area contributed by atoms with Gasteiger partial charge in [-0.05, 0) is 12.5 Å². The van der Waals surface area contributed by atoms with Crippen molar-refractivity contribution in [3.05, 3.63) is 45.0 Å². The van der Waals surface area contributed by atoms with Gasteiger partial charge in [0.05, 0.1) is 11.5 Å². The lowest BCUT2D eigenvalue weighted by molar-refractivity contribution is -0.384. The summed E-state index contributed by atoms with van der Waals surface area (Å²) in [7, 11) is 0. The van der Waals surface area contributed by atoms with Crippen LogP contribution in [0.3, 0.4) is 0 Å². The molecular weight excluding hydrogens is 358 g/mol. The number of anilines is 1. The normalized spacial score (nSPS) is 10.3. The van der Waals surface area contributed by atoms with Crippen molar-refractivity contribution in [3.63, 3.8) is 0 Å². The summed E-state index contributed by atoms with van der Waals surface area (Å²) >= 11 is 1.31. The minimum Gasteiger partial charge on any atom is -0.343 e. The van der Waals surface area contributed by atoms with Crippen molar-refractivity contribution >= 4 is 34.0 Å². The van der Waals surface area contributed by atoms with Crippen LogP contribution < -0.4 is 10.6 Å². The molecule has 26 heavy (non-hydrogen) atoms. The number of hydrogen-bond acceptors (Lipinski definition) is 7. The number of carbonyl (C=O) groups is 2. The predicted octanol–water partition coefficient (Wildman–Crippen LogP) is 2.55. The summed E-state index contributed by atoms with van der Waals surface area (Å²) in [4.78, 5) is 34.0. The summed E-state index contributed by atoms with van der Waals surface area (Å²) in [5, 5.41) is 24.9. The number of hydrogen-bond donors (Lipinski definition) is 2. The Morgan fingerprint density at radius 3 is 2.81 bits per heavy atom. The molecule has 2 aromatic rings. The molecule has 1 aromatic heterocycles. The van der Waals surface area contributed by atoms with Crippen molar-refractivity contribution in [2.24, 2.45) is 0 Å². The minimum atomic E-state index is -0.586. The van der Waals surface area contributed by atoms with Gasteiger partial charge in [-0.15, -0.1) is 10.2 Å². The molecule has 0 aliphatic carbocycles. The minimum absolute atomic E-state index is 0.112. The Bertz CT molecular complexity index is 792. The molecule has 0 saturated heterocycles. The second-order valence-corrected chi connectivity index (χ2v) is 6.56. The van der Waals surface area contributed by atoms with E-state index in [1.54, 1.807) is 0 Å². The van der Waals surface area contributed by atoms with Crippen molar-refractivity contribution in [3.8, 4) is 0 Å². The van der Waals surface area contributed by atoms with Gasteiger partial charge in [0.2, 0.25) is 11.0 Å². The number of nitrogens with zero attached hydrogens (tertiary/aromatic N) is 3. The summed E-state index contributed by atoms with van der Waals surface area (Å²) < 4.78 is 0.